The molecular formula is C18H28N2O. The lowest BCUT2D eigenvalue weighted by Crippen LogP contribution is -2.50. The van der Waals surface area contributed by atoms with Crippen LogP contribution in [0.4, 0.5) is 0 Å². The van der Waals surface area contributed by atoms with Gasteiger partial charge in [0.2, 0.25) is 0 Å². The number of aryl methyl sites for hydroxylation is 1. The summed E-state index contributed by atoms with van der Waals surface area (Å²) in [7, 11) is 4.44. The molecule has 0 radical (unpaired) electrons. The van der Waals surface area contributed by atoms with Crippen LogP contribution in [-0.4, -0.2) is 36.2 Å². The van der Waals surface area contributed by atoms with E-state index in [9.17, 15) is 5.11 Å². The monoisotopic (exact) mass is 288 g/mol. The van der Waals surface area contributed by atoms with Gasteiger partial charge in [0.1, 0.15) is 5.75 Å². The Bertz CT molecular complexity index is 492. The van der Waals surface area contributed by atoms with Crippen molar-refractivity contribution in [2.24, 2.45) is 0 Å². The standard InChI is InChI=1S/C18H28N2O/c1-20(2)18(10-3-4-11-18)13-19-17-7-5-6-14-12-15(21)8-9-16(14)17/h8-9,12,17,19,21H,3-7,10-11,13H2,1-2H3. The molecule has 3 nitrogen and oxygen atoms in total. The minimum atomic E-state index is 0.342. The molecule has 0 amide bonds. The third-order valence-electron chi connectivity index (χ3n) is 5.60. The first-order chi connectivity index (χ1) is 10.1. The summed E-state index contributed by atoms with van der Waals surface area (Å²) < 4.78 is 0. The molecule has 0 aromatic heterocycles. The van der Waals surface area contributed by atoms with Gasteiger partial charge in [0, 0.05) is 18.1 Å². The molecule has 1 unspecified atom stereocenters. The highest BCUT2D eigenvalue weighted by Gasteiger charge is 2.36. The molecule has 0 saturated heterocycles. The van der Waals surface area contributed by atoms with E-state index in [0.717, 1.165) is 13.0 Å². The van der Waals surface area contributed by atoms with Crippen molar-refractivity contribution in [3.63, 3.8) is 0 Å². The molecule has 21 heavy (non-hydrogen) atoms. The maximum Gasteiger partial charge on any atom is 0.115 e. The molecule has 0 spiro atoms. The zero-order valence-electron chi connectivity index (χ0n) is 13.4. The Hall–Kier alpha value is -1.06. The molecule has 0 aliphatic heterocycles. The summed E-state index contributed by atoms with van der Waals surface area (Å²) in [5, 5.41) is 13.5. The normalized spacial score (nSPS) is 24.2. The number of benzene rings is 1. The lowest BCUT2D eigenvalue weighted by molar-refractivity contribution is 0.147. The van der Waals surface area contributed by atoms with Gasteiger partial charge in [-0.3, -0.25) is 0 Å². The Morgan fingerprint density at radius 2 is 2.00 bits per heavy atom. The first-order valence-corrected chi connectivity index (χ1v) is 8.33. The molecule has 116 valence electrons. The summed E-state index contributed by atoms with van der Waals surface area (Å²) in [6.07, 6.45) is 8.85. The fourth-order valence-corrected chi connectivity index (χ4v) is 4.14. The van der Waals surface area contributed by atoms with Crippen LogP contribution in [0.1, 0.15) is 55.7 Å². The van der Waals surface area contributed by atoms with Crippen molar-refractivity contribution < 1.29 is 5.11 Å². The van der Waals surface area contributed by atoms with E-state index in [1.807, 2.05) is 12.1 Å². The summed E-state index contributed by atoms with van der Waals surface area (Å²) in [5.74, 6) is 0.398. The van der Waals surface area contributed by atoms with Gasteiger partial charge in [-0.25, -0.2) is 0 Å². The highest BCUT2D eigenvalue weighted by Crippen LogP contribution is 2.36. The number of phenols is 1. The molecule has 1 aromatic rings. The van der Waals surface area contributed by atoms with Crippen LogP contribution in [0.15, 0.2) is 18.2 Å². The zero-order chi connectivity index (χ0) is 14.9. The van der Waals surface area contributed by atoms with Gasteiger partial charge in [0.25, 0.3) is 0 Å². The van der Waals surface area contributed by atoms with E-state index in [0.29, 0.717) is 17.3 Å². The number of hydrogen-bond acceptors (Lipinski definition) is 3. The van der Waals surface area contributed by atoms with E-state index >= 15 is 0 Å². The molecule has 0 bridgehead atoms. The molecule has 2 aliphatic carbocycles. The van der Waals surface area contributed by atoms with Crippen molar-refractivity contribution in [2.45, 2.75) is 56.5 Å². The molecule has 1 atom stereocenters. The molecule has 2 aliphatic rings. The summed E-state index contributed by atoms with van der Waals surface area (Å²) >= 11 is 0. The lowest BCUT2D eigenvalue weighted by Gasteiger charge is -2.39. The van der Waals surface area contributed by atoms with Crippen molar-refractivity contribution in [3.8, 4) is 5.75 Å². The maximum absolute atomic E-state index is 9.66. The SMILES string of the molecule is CN(C)C1(CNC2CCCc3cc(O)ccc32)CCCC1. The van der Waals surface area contributed by atoms with Crippen LogP contribution in [0.3, 0.4) is 0 Å². The van der Waals surface area contributed by atoms with E-state index in [-0.39, 0.29) is 0 Å². The van der Waals surface area contributed by atoms with E-state index in [2.05, 4.69) is 30.4 Å². The number of nitrogens with zero attached hydrogens (tertiary/aromatic N) is 1. The number of hydrogen-bond donors (Lipinski definition) is 2. The molecule has 1 fully saturated rings. The van der Waals surface area contributed by atoms with Gasteiger partial charge in [-0.2, -0.15) is 0 Å². The fourth-order valence-electron chi connectivity index (χ4n) is 4.14. The van der Waals surface area contributed by atoms with Crippen molar-refractivity contribution in [2.75, 3.05) is 20.6 Å². The highest BCUT2D eigenvalue weighted by atomic mass is 16.3. The molecule has 3 rings (SSSR count). The Balaban J connectivity index is 1.72. The highest BCUT2D eigenvalue weighted by molar-refractivity contribution is 5.38. The summed E-state index contributed by atoms with van der Waals surface area (Å²) in [6, 6.07) is 6.33. The number of phenolic OH excluding ortho intramolecular Hbond substituents is 1. The Morgan fingerprint density at radius 3 is 2.71 bits per heavy atom. The first kappa shape index (κ1) is 14.9. The van der Waals surface area contributed by atoms with Crippen molar-refractivity contribution in [1.82, 2.24) is 10.2 Å². The maximum atomic E-state index is 9.66. The van der Waals surface area contributed by atoms with Crippen LogP contribution in [0, 0.1) is 0 Å². The minimum absolute atomic E-state index is 0.342. The summed E-state index contributed by atoms with van der Waals surface area (Å²) in [4.78, 5) is 2.42. The van der Waals surface area contributed by atoms with E-state index in [1.54, 1.807) is 0 Å². The number of likely N-dealkylation sites (N-methyl/N-ethyl adjacent to an activating group) is 1. The number of nitrogens with one attached hydrogen (secondary N) is 1. The average Bonchev–Trinajstić information content (AvgIpc) is 2.95. The largest absolute Gasteiger partial charge is 0.508 e. The average molecular weight is 288 g/mol. The van der Waals surface area contributed by atoms with Gasteiger partial charge >= 0.3 is 0 Å². The molecule has 1 saturated carbocycles. The van der Waals surface area contributed by atoms with E-state index < -0.39 is 0 Å². The quantitative estimate of drug-likeness (QED) is 0.893. The smallest absolute Gasteiger partial charge is 0.115 e. The van der Waals surface area contributed by atoms with Gasteiger partial charge in [0.15, 0.2) is 0 Å². The third kappa shape index (κ3) is 2.95. The Kier molecular flexibility index (Phi) is 4.23. The third-order valence-corrected chi connectivity index (χ3v) is 5.60. The second kappa shape index (κ2) is 5.98. The van der Waals surface area contributed by atoms with E-state index in [4.69, 9.17) is 0 Å². The van der Waals surface area contributed by atoms with Crippen molar-refractivity contribution in [1.29, 1.82) is 0 Å². The second-order valence-electron chi connectivity index (χ2n) is 7.03. The van der Waals surface area contributed by atoms with Gasteiger partial charge < -0.3 is 15.3 Å². The predicted molar refractivity (Wildman–Crippen MR) is 86.7 cm³/mol. The van der Waals surface area contributed by atoms with Crippen LogP contribution < -0.4 is 5.32 Å². The van der Waals surface area contributed by atoms with Crippen LogP contribution in [0.25, 0.3) is 0 Å². The van der Waals surface area contributed by atoms with Crippen LogP contribution >= 0.6 is 0 Å². The molecule has 2 N–H and O–H groups in total. The predicted octanol–water partition coefficient (Wildman–Crippen LogP) is 3.23. The Labute approximate surface area is 128 Å². The Morgan fingerprint density at radius 1 is 1.24 bits per heavy atom. The van der Waals surface area contributed by atoms with Gasteiger partial charge in [0.05, 0.1) is 0 Å². The zero-order valence-corrected chi connectivity index (χ0v) is 13.4. The molecule has 0 heterocycles. The van der Waals surface area contributed by atoms with E-state index in [1.165, 1.54) is 49.7 Å². The lowest BCUT2D eigenvalue weighted by atomic mass is 9.86. The van der Waals surface area contributed by atoms with Crippen LogP contribution in [0.2, 0.25) is 0 Å². The number of aromatic hydroxyl groups is 1. The summed E-state index contributed by atoms with van der Waals surface area (Å²) in [5.41, 5.74) is 3.06. The first-order valence-electron chi connectivity index (χ1n) is 8.33. The molecular weight excluding hydrogens is 260 g/mol. The summed E-state index contributed by atoms with van der Waals surface area (Å²) in [6.45, 7) is 1.07. The van der Waals surface area contributed by atoms with Crippen molar-refractivity contribution in [3.05, 3.63) is 29.3 Å². The molecule has 3 heteroatoms. The second-order valence-corrected chi connectivity index (χ2v) is 7.03. The number of rotatable bonds is 4. The number of fused-ring (bicyclic) bond motifs is 1. The van der Waals surface area contributed by atoms with Gasteiger partial charge in [-0.05, 0) is 69.5 Å². The fraction of sp³-hybridized carbons (Fsp3) is 0.667. The molecule has 1 aromatic carbocycles. The van der Waals surface area contributed by atoms with Crippen LogP contribution in [-0.2, 0) is 6.42 Å². The van der Waals surface area contributed by atoms with Crippen LogP contribution in [0.5, 0.6) is 5.75 Å². The topological polar surface area (TPSA) is 35.5 Å². The minimum Gasteiger partial charge on any atom is -0.508 e. The van der Waals surface area contributed by atoms with Crippen molar-refractivity contribution >= 4 is 0 Å². The van der Waals surface area contributed by atoms with Gasteiger partial charge in [-0.1, -0.05) is 18.9 Å². The van der Waals surface area contributed by atoms with Gasteiger partial charge in [-0.15, -0.1) is 0 Å².